The van der Waals surface area contributed by atoms with Crippen molar-refractivity contribution in [3.8, 4) is 22.6 Å². The predicted molar refractivity (Wildman–Crippen MR) is 78.8 cm³/mol. The highest BCUT2D eigenvalue weighted by Gasteiger charge is 2.11. The Kier molecular flexibility index (Phi) is 3.31. The maximum atomic E-state index is 12.1. The molecule has 0 bridgehead atoms. The molecular weight excluding hydrogens is 270 g/mol. The zero-order valence-electron chi connectivity index (χ0n) is 11.6. The quantitative estimate of drug-likeness (QED) is 0.739. The molecule has 0 N–H and O–H groups in total. The van der Waals surface area contributed by atoms with Crippen LogP contribution < -0.4 is 15.1 Å². The number of rotatable bonds is 3. The number of fused-ring (bicyclic) bond motifs is 1. The van der Waals surface area contributed by atoms with E-state index >= 15 is 0 Å². The number of aromatic nitrogens is 1. The molecule has 5 nitrogen and oxygen atoms in total. The highest BCUT2D eigenvalue weighted by atomic mass is 16.5. The van der Waals surface area contributed by atoms with Crippen molar-refractivity contribution in [1.29, 1.82) is 0 Å². The third-order valence-electron chi connectivity index (χ3n) is 3.20. The first-order chi connectivity index (χ1) is 10.2. The SMILES string of the molecule is COc1ccc(-c2cc3cccnc3oc2=O)cc1OC. The second kappa shape index (κ2) is 5.28. The summed E-state index contributed by atoms with van der Waals surface area (Å²) in [7, 11) is 3.11. The summed E-state index contributed by atoms with van der Waals surface area (Å²) in [5, 5.41) is 0.766. The normalized spacial score (nSPS) is 10.6. The van der Waals surface area contributed by atoms with Crippen LogP contribution in [0, 0.1) is 0 Å². The molecule has 0 saturated carbocycles. The summed E-state index contributed by atoms with van der Waals surface area (Å²) in [6.45, 7) is 0. The van der Waals surface area contributed by atoms with E-state index in [9.17, 15) is 4.79 Å². The van der Waals surface area contributed by atoms with Crippen LogP contribution in [0.4, 0.5) is 0 Å². The van der Waals surface area contributed by atoms with Crippen LogP contribution >= 0.6 is 0 Å². The Balaban J connectivity index is 2.20. The van der Waals surface area contributed by atoms with Crippen molar-refractivity contribution in [2.45, 2.75) is 0 Å². The van der Waals surface area contributed by atoms with E-state index in [1.807, 2.05) is 6.07 Å². The average molecular weight is 283 g/mol. The van der Waals surface area contributed by atoms with Gasteiger partial charge in [-0.1, -0.05) is 6.07 Å². The zero-order valence-corrected chi connectivity index (χ0v) is 11.6. The van der Waals surface area contributed by atoms with E-state index < -0.39 is 5.63 Å². The second-order valence-corrected chi connectivity index (χ2v) is 4.42. The van der Waals surface area contributed by atoms with Gasteiger partial charge in [0, 0.05) is 11.6 Å². The fourth-order valence-electron chi connectivity index (χ4n) is 2.16. The van der Waals surface area contributed by atoms with Crippen LogP contribution in [0.3, 0.4) is 0 Å². The Bertz CT molecular complexity index is 854. The molecule has 3 rings (SSSR count). The van der Waals surface area contributed by atoms with Gasteiger partial charge in [0.1, 0.15) is 0 Å². The highest BCUT2D eigenvalue weighted by Crippen LogP contribution is 2.31. The minimum atomic E-state index is -0.437. The lowest BCUT2D eigenvalue weighted by Crippen LogP contribution is -2.03. The minimum absolute atomic E-state index is 0.326. The van der Waals surface area contributed by atoms with Gasteiger partial charge < -0.3 is 13.9 Å². The highest BCUT2D eigenvalue weighted by molar-refractivity contribution is 5.79. The molecule has 5 heteroatoms. The van der Waals surface area contributed by atoms with Gasteiger partial charge in [-0.15, -0.1) is 0 Å². The van der Waals surface area contributed by atoms with E-state index in [4.69, 9.17) is 13.9 Å². The number of pyridine rings is 1. The predicted octanol–water partition coefficient (Wildman–Crippen LogP) is 2.87. The molecule has 0 atom stereocenters. The second-order valence-electron chi connectivity index (χ2n) is 4.42. The Morgan fingerprint density at radius 1 is 1.05 bits per heavy atom. The molecule has 0 spiro atoms. The molecule has 3 aromatic rings. The molecule has 0 aliphatic rings. The Labute approximate surface area is 120 Å². The Hall–Kier alpha value is -2.82. The van der Waals surface area contributed by atoms with Crippen LogP contribution in [0.25, 0.3) is 22.2 Å². The number of hydrogen-bond donors (Lipinski definition) is 0. The molecule has 2 heterocycles. The van der Waals surface area contributed by atoms with Gasteiger partial charge >= 0.3 is 5.63 Å². The number of ether oxygens (including phenoxy) is 2. The van der Waals surface area contributed by atoms with Crippen LogP contribution in [-0.4, -0.2) is 19.2 Å². The van der Waals surface area contributed by atoms with Gasteiger partial charge in [-0.2, -0.15) is 0 Å². The maximum absolute atomic E-state index is 12.1. The van der Waals surface area contributed by atoms with Crippen LogP contribution in [0.1, 0.15) is 0 Å². The van der Waals surface area contributed by atoms with Gasteiger partial charge in [-0.05, 0) is 35.9 Å². The van der Waals surface area contributed by atoms with Crippen LogP contribution in [0.15, 0.2) is 51.8 Å². The molecule has 106 valence electrons. The molecule has 0 saturated heterocycles. The molecular formula is C16H13NO4. The monoisotopic (exact) mass is 283 g/mol. The summed E-state index contributed by atoms with van der Waals surface area (Å²) in [4.78, 5) is 16.1. The van der Waals surface area contributed by atoms with Gasteiger partial charge in [-0.3, -0.25) is 0 Å². The molecule has 21 heavy (non-hydrogen) atoms. The van der Waals surface area contributed by atoms with E-state index in [1.165, 1.54) is 0 Å². The average Bonchev–Trinajstić information content (AvgIpc) is 2.53. The number of benzene rings is 1. The Morgan fingerprint density at radius 2 is 1.86 bits per heavy atom. The topological polar surface area (TPSA) is 61.6 Å². The van der Waals surface area contributed by atoms with Crippen LogP contribution in [-0.2, 0) is 0 Å². The molecule has 0 radical (unpaired) electrons. The first kappa shape index (κ1) is 13.2. The molecule has 0 unspecified atom stereocenters. The molecule has 0 fully saturated rings. The molecule has 0 aliphatic heterocycles. The van der Waals surface area contributed by atoms with Crippen LogP contribution in [0.2, 0.25) is 0 Å². The number of nitrogens with zero attached hydrogens (tertiary/aromatic N) is 1. The summed E-state index contributed by atoms with van der Waals surface area (Å²) in [5.74, 6) is 1.16. The van der Waals surface area contributed by atoms with E-state index in [0.29, 0.717) is 28.3 Å². The van der Waals surface area contributed by atoms with Crippen molar-refractivity contribution in [3.05, 3.63) is 53.0 Å². The summed E-state index contributed by atoms with van der Waals surface area (Å²) >= 11 is 0. The standard InChI is InChI=1S/C16H13NO4/c1-19-13-6-5-10(9-14(13)20-2)12-8-11-4-3-7-17-15(11)21-16(12)18/h3-9H,1-2H3. The zero-order chi connectivity index (χ0) is 14.8. The van der Waals surface area contributed by atoms with Crippen molar-refractivity contribution in [2.75, 3.05) is 14.2 Å². The van der Waals surface area contributed by atoms with Crippen LogP contribution in [0.5, 0.6) is 11.5 Å². The molecule has 0 aliphatic carbocycles. The van der Waals surface area contributed by atoms with E-state index in [-0.39, 0.29) is 0 Å². The largest absolute Gasteiger partial charge is 0.493 e. The molecule has 0 amide bonds. The van der Waals surface area contributed by atoms with Crippen molar-refractivity contribution < 1.29 is 13.9 Å². The van der Waals surface area contributed by atoms with Gasteiger partial charge in [0.25, 0.3) is 0 Å². The smallest absolute Gasteiger partial charge is 0.345 e. The van der Waals surface area contributed by atoms with Gasteiger partial charge in [-0.25, -0.2) is 9.78 Å². The van der Waals surface area contributed by atoms with Gasteiger partial charge in [0.05, 0.1) is 19.8 Å². The summed E-state index contributed by atoms with van der Waals surface area (Å²) in [6, 6.07) is 10.7. The third-order valence-corrected chi connectivity index (χ3v) is 3.20. The molecule has 2 aromatic heterocycles. The van der Waals surface area contributed by atoms with E-state index in [0.717, 1.165) is 5.39 Å². The lowest BCUT2D eigenvalue weighted by Gasteiger charge is -2.09. The summed E-state index contributed by atoms with van der Waals surface area (Å²) < 4.78 is 15.7. The van der Waals surface area contributed by atoms with E-state index in [1.54, 1.807) is 50.7 Å². The minimum Gasteiger partial charge on any atom is -0.493 e. The van der Waals surface area contributed by atoms with Crippen molar-refractivity contribution >= 4 is 11.1 Å². The van der Waals surface area contributed by atoms with Gasteiger partial charge in [0.2, 0.25) is 5.71 Å². The summed E-state index contributed by atoms with van der Waals surface area (Å²) in [5.41, 5.74) is 1.05. The van der Waals surface area contributed by atoms with Gasteiger partial charge in [0.15, 0.2) is 11.5 Å². The first-order valence-corrected chi connectivity index (χ1v) is 6.34. The number of methoxy groups -OCH3 is 2. The van der Waals surface area contributed by atoms with Crippen molar-refractivity contribution in [2.24, 2.45) is 0 Å². The van der Waals surface area contributed by atoms with E-state index in [2.05, 4.69) is 4.98 Å². The first-order valence-electron chi connectivity index (χ1n) is 6.34. The number of hydrogen-bond acceptors (Lipinski definition) is 5. The maximum Gasteiger partial charge on any atom is 0.345 e. The van der Waals surface area contributed by atoms with Crippen molar-refractivity contribution in [3.63, 3.8) is 0 Å². The van der Waals surface area contributed by atoms with Crippen molar-refractivity contribution in [1.82, 2.24) is 4.98 Å². The fraction of sp³-hybridized carbons (Fsp3) is 0.125. The molecule has 1 aromatic carbocycles. The summed E-state index contributed by atoms with van der Waals surface area (Å²) in [6.07, 6.45) is 1.58. The third kappa shape index (κ3) is 2.33. The lowest BCUT2D eigenvalue weighted by molar-refractivity contribution is 0.355. The fourth-order valence-corrected chi connectivity index (χ4v) is 2.16. The lowest BCUT2D eigenvalue weighted by atomic mass is 10.1. The Morgan fingerprint density at radius 3 is 2.62 bits per heavy atom.